The van der Waals surface area contributed by atoms with E-state index in [0.29, 0.717) is 5.56 Å². The van der Waals surface area contributed by atoms with Gasteiger partial charge in [0.2, 0.25) is 5.28 Å². The maximum absolute atomic E-state index is 15.8. The monoisotopic (exact) mass is 511 g/mol. The SMILES string of the molecule is Nc1nc(Cl)nc2c1ncn2[C@H]1O[C@H](COC(=O)c2ccccc2)C(OC(=O)c2ccccc2)[C@H]1F. The molecular formula is C24H19ClFN5O5. The number of nitrogen functional groups attached to an aromatic ring is 1. The minimum atomic E-state index is -1.87. The zero-order chi connectivity index (χ0) is 25.2. The van der Waals surface area contributed by atoms with Gasteiger partial charge >= 0.3 is 11.9 Å². The molecule has 1 aliphatic heterocycles. The van der Waals surface area contributed by atoms with Crippen LogP contribution in [0, 0.1) is 0 Å². The zero-order valence-corrected chi connectivity index (χ0v) is 19.3. The summed E-state index contributed by atoms with van der Waals surface area (Å²) >= 11 is 5.93. The third kappa shape index (κ3) is 4.58. The fourth-order valence-corrected chi connectivity index (χ4v) is 4.04. The molecule has 0 aliphatic carbocycles. The lowest BCUT2D eigenvalue weighted by molar-refractivity contribution is -0.0570. The molecule has 36 heavy (non-hydrogen) atoms. The van der Waals surface area contributed by atoms with Crippen molar-refractivity contribution in [2.45, 2.75) is 24.6 Å². The number of alkyl halides is 1. The highest BCUT2D eigenvalue weighted by atomic mass is 35.5. The van der Waals surface area contributed by atoms with Crippen molar-refractivity contribution >= 4 is 40.5 Å². The van der Waals surface area contributed by atoms with Crippen molar-refractivity contribution in [3.8, 4) is 0 Å². The van der Waals surface area contributed by atoms with Crippen LogP contribution in [0.25, 0.3) is 11.2 Å². The molecule has 0 saturated carbocycles. The van der Waals surface area contributed by atoms with E-state index in [1.165, 1.54) is 10.9 Å². The zero-order valence-electron chi connectivity index (χ0n) is 18.5. The molecule has 1 unspecified atom stereocenters. The quantitative estimate of drug-likeness (QED) is 0.305. The van der Waals surface area contributed by atoms with Gasteiger partial charge in [-0.3, -0.25) is 4.57 Å². The van der Waals surface area contributed by atoms with Crippen molar-refractivity contribution in [2.24, 2.45) is 0 Å². The number of fused-ring (bicyclic) bond motifs is 1. The molecule has 4 atom stereocenters. The number of aromatic nitrogens is 4. The Bertz CT molecular complexity index is 1400. The Hall–Kier alpha value is -4.09. The molecule has 2 aromatic heterocycles. The first-order chi connectivity index (χ1) is 17.4. The van der Waals surface area contributed by atoms with Crippen molar-refractivity contribution < 1.29 is 28.2 Å². The molecule has 10 nitrogen and oxygen atoms in total. The highest BCUT2D eigenvalue weighted by molar-refractivity contribution is 6.28. The second kappa shape index (κ2) is 9.88. The molecule has 3 heterocycles. The summed E-state index contributed by atoms with van der Waals surface area (Å²) in [5.41, 5.74) is 6.73. The molecule has 1 aliphatic rings. The van der Waals surface area contributed by atoms with Crippen LogP contribution in [0.2, 0.25) is 5.28 Å². The highest BCUT2D eigenvalue weighted by Crippen LogP contribution is 2.36. The Morgan fingerprint density at radius 2 is 1.67 bits per heavy atom. The van der Waals surface area contributed by atoms with Crippen molar-refractivity contribution in [1.82, 2.24) is 19.5 Å². The summed E-state index contributed by atoms with van der Waals surface area (Å²) in [5.74, 6) is -1.37. The number of hydrogen-bond acceptors (Lipinski definition) is 9. The largest absolute Gasteiger partial charge is 0.459 e. The number of imidazole rings is 1. The summed E-state index contributed by atoms with van der Waals surface area (Å²) in [5, 5.41) is -0.157. The predicted octanol–water partition coefficient (Wildman–Crippen LogP) is 3.38. The smallest absolute Gasteiger partial charge is 0.338 e. The van der Waals surface area contributed by atoms with Crippen molar-refractivity contribution in [3.05, 3.63) is 83.4 Å². The number of hydrogen-bond donors (Lipinski definition) is 1. The van der Waals surface area contributed by atoms with Crippen LogP contribution in [0.5, 0.6) is 0 Å². The van der Waals surface area contributed by atoms with E-state index in [4.69, 9.17) is 31.5 Å². The summed E-state index contributed by atoms with van der Waals surface area (Å²) < 4.78 is 33.9. The molecule has 1 fully saturated rings. The Labute approximate surface area is 208 Å². The number of benzene rings is 2. The number of rotatable bonds is 6. The number of halogens is 2. The molecule has 184 valence electrons. The van der Waals surface area contributed by atoms with Gasteiger partial charge in [0.05, 0.1) is 17.5 Å². The average molecular weight is 512 g/mol. The van der Waals surface area contributed by atoms with Gasteiger partial charge in [-0.25, -0.2) is 19.0 Å². The van der Waals surface area contributed by atoms with Crippen LogP contribution in [0.1, 0.15) is 26.9 Å². The van der Waals surface area contributed by atoms with E-state index in [9.17, 15) is 9.59 Å². The van der Waals surface area contributed by atoms with Crippen molar-refractivity contribution in [1.29, 1.82) is 0 Å². The molecule has 5 rings (SSSR count). The molecule has 0 spiro atoms. The van der Waals surface area contributed by atoms with E-state index in [1.54, 1.807) is 60.7 Å². The molecule has 2 N–H and O–H groups in total. The van der Waals surface area contributed by atoms with E-state index in [-0.39, 0.29) is 34.4 Å². The summed E-state index contributed by atoms with van der Waals surface area (Å²) in [6, 6.07) is 16.4. The number of anilines is 1. The normalized spacial score (nSPS) is 21.4. The minimum Gasteiger partial charge on any atom is -0.459 e. The number of ether oxygens (including phenoxy) is 3. The second-order valence-electron chi connectivity index (χ2n) is 7.91. The van der Waals surface area contributed by atoms with Crippen LogP contribution in [0.4, 0.5) is 10.2 Å². The fraction of sp³-hybridized carbons (Fsp3) is 0.208. The van der Waals surface area contributed by atoms with Crippen LogP contribution < -0.4 is 5.73 Å². The standard InChI is InChI=1S/C24H19ClFN5O5/c25-24-29-19(27)17-20(30-24)31(12-28-17)21-16(26)18(36-23(33)14-9-5-2-6-10-14)15(35-21)11-34-22(32)13-7-3-1-4-8-13/h1-10,12,15-16,18,21H,11H2,(H2,27,29,30)/t15-,16-,18?,21+/m1/s1. The lowest BCUT2D eigenvalue weighted by Gasteiger charge is -2.19. The first kappa shape index (κ1) is 23.6. The van der Waals surface area contributed by atoms with Crippen LogP contribution in [-0.2, 0) is 14.2 Å². The molecule has 2 aromatic carbocycles. The third-order valence-electron chi connectivity index (χ3n) is 5.60. The minimum absolute atomic E-state index is 0.0116. The van der Waals surface area contributed by atoms with Gasteiger partial charge in [0.25, 0.3) is 0 Å². The third-order valence-corrected chi connectivity index (χ3v) is 5.77. The van der Waals surface area contributed by atoms with E-state index >= 15 is 4.39 Å². The lowest BCUT2D eigenvalue weighted by atomic mass is 10.1. The van der Waals surface area contributed by atoms with Gasteiger partial charge in [0.1, 0.15) is 18.2 Å². The van der Waals surface area contributed by atoms with Crippen LogP contribution in [0.3, 0.4) is 0 Å². The van der Waals surface area contributed by atoms with Gasteiger partial charge in [0.15, 0.2) is 30.0 Å². The molecule has 12 heteroatoms. The summed E-state index contributed by atoms with van der Waals surface area (Å²) in [6.07, 6.45) is -4.45. The Morgan fingerprint density at radius 3 is 2.33 bits per heavy atom. The average Bonchev–Trinajstić information content (AvgIpc) is 3.44. The van der Waals surface area contributed by atoms with E-state index in [1.807, 2.05) is 0 Å². The second-order valence-corrected chi connectivity index (χ2v) is 8.25. The number of carbonyl (C=O) groups excluding carboxylic acids is 2. The molecule has 0 amide bonds. The Morgan fingerprint density at radius 1 is 1.03 bits per heavy atom. The van der Waals surface area contributed by atoms with E-state index < -0.39 is 36.5 Å². The summed E-state index contributed by atoms with van der Waals surface area (Å²) in [4.78, 5) is 37.2. The van der Waals surface area contributed by atoms with E-state index in [2.05, 4.69) is 15.0 Å². The van der Waals surface area contributed by atoms with Gasteiger partial charge in [-0.1, -0.05) is 36.4 Å². The summed E-state index contributed by atoms with van der Waals surface area (Å²) in [7, 11) is 0. The molecule has 0 bridgehead atoms. The number of carbonyl (C=O) groups is 2. The van der Waals surface area contributed by atoms with Gasteiger partial charge in [-0.15, -0.1) is 0 Å². The maximum Gasteiger partial charge on any atom is 0.338 e. The molecule has 4 aromatic rings. The first-order valence-electron chi connectivity index (χ1n) is 10.9. The summed E-state index contributed by atoms with van der Waals surface area (Å²) in [6.45, 7) is -0.373. The molecule has 0 radical (unpaired) electrons. The fourth-order valence-electron chi connectivity index (χ4n) is 3.87. The van der Waals surface area contributed by atoms with Gasteiger partial charge in [0, 0.05) is 0 Å². The lowest BCUT2D eigenvalue weighted by Crippen LogP contribution is -2.37. The van der Waals surface area contributed by atoms with Gasteiger partial charge in [-0.2, -0.15) is 9.97 Å². The Kier molecular flexibility index (Phi) is 6.49. The van der Waals surface area contributed by atoms with Crippen LogP contribution in [0.15, 0.2) is 67.0 Å². The number of nitrogens with zero attached hydrogens (tertiary/aromatic N) is 4. The van der Waals surface area contributed by atoms with Crippen LogP contribution in [-0.4, -0.2) is 56.4 Å². The molecular weight excluding hydrogens is 493 g/mol. The highest BCUT2D eigenvalue weighted by Gasteiger charge is 2.50. The van der Waals surface area contributed by atoms with Crippen molar-refractivity contribution in [2.75, 3.05) is 12.3 Å². The predicted molar refractivity (Wildman–Crippen MR) is 126 cm³/mol. The Balaban J connectivity index is 1.42. The van der Waals surface area contributed by atoms with Crippen molar-refractivity contribution in [3.63, 3.8) is 0 Å². The van der Waals surface area contributed by atoms with Crippen LogP contribution >= 0.6 is 11.6 Å². The number of nitrogens with two attached hydrogens (primary N) is 1. The van der Waals surface area contributed by atoms with Gasteiger partial charge < -0.3 is 19.9 Å². The maximum atomic E-state index is 15.8. The van der Waals surface area contributed by atoms with E-state index in [0.717, 1.165) is 0 Å². The first-order valence-corrected chi connectivity index (χ1v) is 11.2. The molecule has 1 saturated heterocycles. The van der Waals surface area contributed by atoms with Gasteiger partial charge in [-0.05, 0) is 35.9 Å². The topological polar surface area (TPSA) is 131 Å². The number of esters is 2.